The number of carboxylic acid groups (broad SMARTS) is 1. The van der Waals surface area contributed by atoms with E-state index in [1.807, 2.05) is 6.07 Å². The fraction of sp³-hybridized carbons (Fsp3) is 0.417. The molecular weight excluding hydrogens is 238 g/mol. The third kappa shape index (κ3) is 1.74. The third-order valence-corrected chi connectivity index (χ3v) is 3.21. The molecule has 1 fully saturated rings. The fourth-order valence-corrected chi connectivity index (χ4v) is 1.93. The van der Waals surface area contributed by atoms with Crippen LogP contribution in [0.5, 0.6) is 11.5 Å². The molecule has 0 unspecified atom stereocenters. The molecule has 0 radical (unpaired) electrons. The first-order chi connectivity index (χ1) is 8.70. The lowest BCUT2D eigenvalue weighted by Crippen LogP contribution is -2.53. The summed E-state index contributed by atoms with van der Waals surface area (Å²) >= 11 is 0. The average Bonchev–Trinajstić information content (AvgIpc) is 2.74. The van der Waals surface area contributed by atoms with E-state index in [1.54, 1.807) is 12.1 Å². The Balaban J connectivity index is 1.68. The number of ether oxygens (including phenoxy) is 3. The first kappa shape index (κ1) is 11.2. The minimum absolute atomic E-state index is 0.228. The molecule has 0 aliphatic carbocycles. The Hall–Kier alpha value is -1.95. The Labute approximate surface area is 103 Å². The molecule has 2 aliphatic heterocycles. The minimum Gasteiger partial charge on any atom is -0.481 e. The van der Waals surface area contributed by atoms with Crippen molar-refractivity contribution in [2.45, 2.75) is 0 Å². The van der Waals surface area contributed by atoms with Gasteiger partial charge in [0.2, 0.25) is 6.79 Å². The second kappa shape index (κ2) is 4.06. The molecule has 6 nitrogen and oxygen atoms in total. The van der Waals surface area contributed by atoms with Crippen LogP contribution in [-0.2, 0) is 9.53 Å². The topological polar surface area (TPSA) is 77.0 Å². The van der Waals surface area contributed by atoms with E-state index in [0.717, 1.165) is 5.69 Å². The SMILES string of the molecule is O=C(O)C1(CNc2ccc3c(c2)OCO3)COC1. The Morgan fingerprint density at radius 3 is 2.78 bits per heavy atom. The first-order valence-electron chi connectivity index (χ1n) is 5.64. The smallest absolute Gasteiger partial charge is 0.316 e. The van der Waals surface area contributed by atoms with E-state index in [0.29, 0.717) is 18.0 Å². The Bertz CT molecular complexity index is 483. The lowest BCUT2D eigenvalue weighted by Gasteiger charge is -2.37. The highest BCUT2D eigenvalue weighted by atomic mass is 16.7. The van der Waals surface area contributed by atoms with Crippen molar-refractivity contribution in [3.63, 3.8) is 0 Å². The molecule has 1 aromatic carbocycles. The summed E-state index contributed by atoms with van der Waals surface area (Å²) in [5.41, 5.74) is 0.00267. The van der Waals surface area contributed by atoms with Crippen LogP contribution >= 0.6 is 0 Å². The van der Waals surface area contributed by atoms with Crippen molar-refractivity contribution in [3.05, 3.63) is 18.2 Å². The van der Waals surface area contributed by atoms with Crippen LogP contribution in [0.15, 0.2) is 18.2 Å². The van der Waals surface area contributed by atoms with E-state index >= 15 is 0 Å². The van der Waals surface area contributed by atoms with E-state index in [2.05, 4.69) is 5.32 Å². The highest BCUT2D eigenvalue weighted by Crippen LogP contribution is 2.35. The molecule has 6 heteroatoms. The lowest BCUT2D eigenvalue weighted by atomic mass is 9.86. The molecule has 18 heavy (non-hydrogen) atoms. The Morgan fingerprint density at radius 1 is 1.33 bits per heavy atom. The number of carbonyl (C=O) groups is 1. The van der Waals surface area contributed by atoms with Crippen molar-refractivity contribution in [2.24, 2.45) is 5.41 Å². The quantitative estimate of drug-likeness (QED) is 0.829. The Morgan fingerprint density at radius 2 is 2.11 bits per heavy atom. The van der Waals surface area contributed by atoms with Gasteiger partial charge < -0.3 is 24.6 Å². The molecule has 3 rings (SSSR count). The minimum atomic E-state index is -0.831. The van der Waals surface area contributed by atoms with E-state index in [-0.39, 0.29) is 20.0 Å². The maximum absolute atomic E-state index is 11.1. The van der Waals surface area contributed by atoms with Gasteiger partial charge in [-0.1, -0.05) is 0 Å². The zero-order valence-corrected chi connectivity index (χ0v) is 9.64. The van der Waals surface area contributed by atoms with Crippen molar-refractivity contribution in [2.75, 3.05) is 31.9 Å². The number of fused-ring (bicyclic) bond motifs is 1. The summed E-state index contributed by atoms with van der Waals surface area (Å²) in [6, 6.07) is 5.44. The molecule has 0 atom stereocenters. The van der Waals surface area contributed by atoms with E-state index in [4.69, 9.17) is 19.3 Å². The van der Waals surface area contributed by atoms with Gasteiger partial charge in [0, 0.05) is 18.3 Å². The molecule has 0 spiro atoms. The number of aliphatic carboxylic acids is 1. The molecule has 0 aromatic heterocycles. The second-order valence-corrected chi connectivity index (χ2v) is 4.50. The van der Waals surface area contributed by atoms with Crippen molar-refractivity contribution in [1.29, 1.82) is 0 Å². The standard InChI is InChI=1S/C12H13NO5/c14-11(15)12(5-16-6-12)4-13-8-1-2-9-10(3-8)18-7-17-9/h1-3,13H,4-7H2,(H,14,15). The maximum Gasteiger partial charge on any atom is 0.316 e. The van der Waals surface area contributed by atoms with Gasteiger partial charge in [-0.3, -0.25) is 4.79 Å². The van der Waals surface area contributed by atoms with Crippen molar-refractivity contribution >= 4 is 11.7 Å². The van der Waals surface area contributed by atoms with Gasteiger partial charge in [-0.25, -0.2) is 0 Å². The average molecular weight is 251 g/mol. The zero-order chi connectivity index (χ0) is 12.6. The van der Waals surface area contributed by atoms with Crippen LogP contribution < -0.4 is 14.8 Å². The highest BCUT2D eigenvalue weighted by molar-refractivity contribution is 5.77. The van der Waals surface area contributed by atoms with E-state index in [9.17, 15) is 4.79 Å². The number of nitrogens with one attached hydrogen (secondary N) is 1. The van der Waals surface area contributed by atoms with E-state index in [1.165, 1.54) is 0 Å². The summed E-state index contributed by atoms with van der Waals surface area (Å²) in [5, 5.41) is 12.3. The highest BCUT2D eigenvalue weighted by Gasteiger charge is 2.46. The van der Waals surface area contributed by atoms with Gasteiger partial charge in [-0.2, -0.15) is 0 Å². The van der Waals surface area contributed by atoms with Crippen molar-refractivity contribution in [3.8, 4) is 11.5 Å². The van der Waals surface area contributed by atoms with Gasteiger partial charge in [-0.15, -0.1) is 0 Å². The van der Waals surface area contributed by atoms with Crippen LogP contribution in [0.3, 0.4) is 0 Å². The number of hydrogen-bond donors (Lipinski definition) is 2. The molecule has 96 valence electrons. The second-order valence-electron chi connectivity index (χ2n) is 4.50. The van der Waals surface area contributed by atoms with Crippen LogP contribution in [0.4, 0.5) is 5.69 Å². The number of rotatable bonds is 4. The maximum atomic E-state index is 11.1. The largest absolute Gasteiger partial charge is 0.481 e. The van der Waals surface area contributed by atoms with Gasteiger partial charge in [-0.05, 0) is 12.1 Å². The molecule has 0 amide bonds. The summed E-state index contributed by atoms with van der Waals surface area (Å²) < 4.78 is 15.5. The summed E-state index contributed by atoms with van der Waals surface area (Å²) in [4.78, 5) is 11.1. The molecule has 1 saturated heterocycles. The normalized spacial score (nSPS) is 19.1. The fourth-order valence-electron chi connectivity index (χ4n) is 1.93. The first-order valence-corrected chi connectivity index (χ1v) is 5.64. The van der Waals surface area contributed by atoms with Crippen LogP contribution in [0.2, 0.25) is 0 Å². The molecule has 1 aromatic rings. The molecule has 0 saturated carbocycles. The van der Waals surface area contributed by atoms with Crippen LogP contribution in [-0.4, -0.2) is 37.6 Å². The summed E-state index contributed by atoms with van der Waals surface area (Å²) in [7, 11) is 0. The molecule has 2 N–H and O–H groups in total. The number of carboxylic acids is 1. The van der Waals surface area contributed by atoms with Gasteiger partial charge in [0.25, 0.3) is 0 Å². The number of anilines is 1. The van der Waals surface area contributed by atoms with Crippen LogP contribution in [0.25, 0.3) is 0 Å². The number of hydrogen-bond acceptors (Lipinski definition) is 5. The van der Waals surface area contributed by atoms with E-state index < -0.39 is 11.4 Å². The van der Waals surface area contributed by atoms with Gasteiger partial charge in [0.1, 0.15) is 5.41 Å². The monoisotopic (exact) mass is 251 g/mol. The van der Waals surface area contributed by atoms with Crippen molar-refractivity contribution in [1.82, 2.24) is 0 Å². The zero-order valence-electron chi connectivity index (χ0n) is 9.64. The third-order valence-electron chi connectivity index (χ3n) is 3.21. The van der Waals surface area contributed by atoms with Crippen LogP contribution in [0, 0.1) is 5.41 Å². The Kier molecular flexibility index (Phi) is 2.52. The van der Waals surface area contributed by atoms with Gasteiger partial charge >= 0.3 is 5.97 Å². The molecule has 2 aliphatic rings. The summed E-state index contributed by atoms with van der Waals surface area (Å²) in [6.45, 7) is 1.06. The van der Waals surface area contributed by atoms with Crippen molar-refractivity contribution < 1.29 is 24.1 Å². The van der Waals surface area contributed by atoms with Gasteiger partial charge in [0.15, 0.2) is 11.5 Å². The molecular formula is C12H13NO5. The van der Waals surface area contributed by atoms with Gasteiger partial charge in [0.05, 0.1) is 13.2 Å². The summed E-state index contributed by atoms with van der Waals surface area (Å²) in [5.74, 6) is 0.553. The molecule has 2 heterocycles. The molecule has 0 bridgehead atoms. The number of benzene rings is 1. The predicted molar refractivity (Wildman–Crippen MR) is 61.9 cm³/mol. The van der Waals surface area contributed by atoms with Crippen LogP contribution in [0.1, 0.15) is 0 Å². The lowest BCUT2D eigenvalue weighted by molar-refractivity contribution is -0.176. The summed E-state index contributed by atoms with van der Waals surface area (Å²) in [6.07, 6.45) is 0. The predicted octanol–water partition coefficient (Wildman–Crippen LogP) is 0.928.